The molecule has 96 valence electrons. The number of hydrogen-bond donors (Lipinski definition) is 1. The summed E-state index contributed by atoms with van der Waals surface area (Å²) in [6, 6.07) is 8.11. The quantitative estimate of drug-likeness (QED) is 0.835. The highest BCUT2D eigenvalue weighted by atomic mass is 35.5. The Balaban J connectivity index is 2.95. The van der Waals surface area contributed by atoms with Gasteiger partial charge in [0.1, 0.15) is 0 Å². The molecule has 0 saturated carbocycles. The second-order valence-electron chi connectivity index (χ2n) is 4.58. The van der Waals surface area contributed by atoms with E-state index in [0.717, 1.165) is 11.6 Å². The first-order valence-corrected chi connectivity index (χ1v) is 6.51. The molecule has 1 rings (SSSR count). The predicted molar refractivity (Wildman–Crippen MR) is 73.6 cm³/mol. The number of halogens is 1. The average molecular weight is 256 g/mol. The van der Waals surface area contributed by atoms with Gasteiger partial charge in [0, 0.05) is 11.6 Å². The fourth-order valence-corrected chi connectivity index (χ4v) is 2.21. The van der Waals surface area contributed by atoms with Crippen LogP contribution in [0, 0.1) is 0 Å². The molecule has 1 atom stereocenters. The molecule has 0 aliphatic rings. The molecule has 0 aliphatic heterocycles. The van der Waals surface area contributed by atoms with Gasteiger partial charge in [0.25, 0.3) is 0 Å². The van der Waals surface area contributed by atoms with E-state index < -0.39 is 0 Å². The third-order valence-corrected chi connectivity index (χ3v) is 3.08. The minimum Gasteiger partial charge on any atom is -0.374 e. The zero-order valence-corrected chi connectivity index (χ0v) is 11.8. The lowest BCUT2D eigenvalue weighted by molar-refractivity contribution is -0.0388. The Bertz CT molecular complexity index is 335. The van der Waals surface area contributed by atoms with Crippen LogP contribution in [0.5, 0.6) is 0 Å². The van der Waals surface area contributed by atoms with Gasteiger partial charge in [-0.05, 0) is 45.0 Å². The second-order valence-corrected chi connectivity index (χ2v) is 5.02. The van der Waals surface area contributed by atoms with Crippen LogP contribution in [0.25, 0.3) is 0 Å². The lowest BCUT2D eigenvalue weighted by atomic mass is 9.91. The van der Waals surface area contributed by atoms with E-state index >= 15 is 0 Å². The molecule has 1 aromatic rings. The standard InChI is InChI=1S/C14H22ClNO/c1-5-16-13(14(3,4)17-6-2)11-7-9-12(15)10-8-11/h7-10,13,16H,5-6H2,1-4H3. The summed E-state index contributed by atoms with van der Waals surface area (Å²) in [7, 11) is 0. The average Bonchev–Trinajstić information content (AvgIpc) is 2.27. The molecule has 0 amide bonds. The topological polar surface area (TPSA) is 21.3 Å². The number of likely N-dealkylation sites (N-methyl/N-ethyl adjacent to an activating group) is 1. The Kier molecular flexibility index (Phi) is 5.44. The molecule has 0 fully saturated rings. The Hall–Kier alpha value is -0.570. The van der Waals surface area contributed by atoms with Crippen LogP contribution in [0.3, 0.4) is 0 Å². The maximum atomic E-state index is 5.92. The van der Waals surface area contributed by atoms with Crippen LogP contribution in [-0.4, -0.2) is 18.8 Å². The van der Waals surface area contributed by atoms with Gasteiger partial charge in [-0.1, -0.05) is 30.7 Å². The smallest absolute Gasteiger partial charge is 0.0820 e. The number of ether oxygens (including phenoxy) is 1. The third kappa shape index (κ3) is 3.98. The number of rotatable bonds is 6. The van der Waals surface area contributed by atoms with Crippen LogP contribution in [0.15, 0.2) is 24.3 Å². The largest absolute Gasteiger partial charge is 0.374 e. The predicted octanol–water partition coefficient (Wildman–Crippen LogP) is 3.81. The van der Waals surface area contributed by atoms with Gasteiger partial charge in [-0.25, -0.2) is 0 Å². The van der Waals surface area contributed by atoms with Crippen molar-refractivity contribution in [2.75, 3.05) is 13.2 Å². The first-order valence-electron chi connectivity index (χ1n) is 6.14. The highest BCUT2D eigenvalue weighted by Crippen LogP contribution is 2.29. The van der Waals surface area contributed by atoms with Gasteiger partial charge < -0.3 is 10.1 Å². The van der Waals surface area contributed by atoms with Gasteiger partial charge >= 0.3 is 0 Å². The molecule has 0 radical (unpaired) electrons. The summed E-state index contributed by atoms with van der Waals surface area (Å²) in [6.07, 6.45) is 0. The van der Waals surface area contributed by atoms with Crippen LogP contribution in [0.4, 0.5) is 0 Å². The summed E-state index contributed by atoms with van der Waals surface area (Å²) >= 11 is 5.92. The molecule has 2 nitrogen and oxygen atoms in total. The van der Waals surface area contributed by atoms with Crippen molar-refractivity contribution in [3.05, 3.63) is 34.9 Å². The van der Waals surface area contributed by atoms with Gasteiger partial charge in [-0.15, -0.1) is 0 Å². The SMILES string of the molecule is CCNC(c1ccc(Cl)cc1)C(C)(C)OCC. The van der Waals surface area contributed by atoms with E-state index in [0.29, 0.717) is 6.61 Å². The summed E-state index contributed by atoms with van der Waals surface area (Å²) < 4.78 is 5.83. The number of hydrogen-bond acceptors (Lipinski definition) is 2. The molecule has 1 aromatic carbocycles. The second kappa shape index (κ2) is 6.39. The van der Waals surface area contributed by atoms with Crippen molar-refractivity contribution in [3.8, 4) is 0 Å². The van der Waals surface area contributed by atoms with Crippen molar-refractivity contribution < 1.29 is 4.74 Å². The molecule has 1 unspecified atom stereocenters. The molecular formula is C14H22ClNO. The third-order valence-electron chi connectivity index (χ3n) is 2.82. The summed E-state index contributed by atoms with van der Waals surface area (Å²) in [5, 5.41) is 4.24. The van der Waals surface area contributed by atoms with Crippen molar-refractivity contribution in [1.82, 2.24) is 5.32 Å². The minimum absolute atomic E-state index is 0.171. The van der Waals surface area contributed by atoms with Gasteiger partial charge in [0.15, 0.2) is 0 Å². The summed E-state index contributed by atoms with van der Waals surface area (Å²) in [5.41, 5.74) is 0.966. The van der Waals surface area contributed by atoms with Gasteiger partial charge in [0.2, 0.25) is 0 Å². The maximum Gasteiger partial charge on any atom is 0.0820 e. The highest BCUT2D eigenvalue weighted by Gasteiger charge is 2.30. The molecule has 0 heterocycles. The molecule has 0 aromatic heterocycles. The Morgan fingerprint density at radius 1 is 1.24 bits per heavy atom. The Morgan fingerprint density at radius 2 is 1.82 bits per heavy atom. The van der Waals surface area contributed by atoms with E-state index in [4.69, 9.17) is 16.3 Å². The molecular weight excluding hydrogens is 234 g/mol. The molecule has 1 N–H and O–H groups in total. The van der Waals surface area contributed by atoms with E-state index in [9.17, 15) is 0 Å². The van der Waals surface area contributed by atoms with Crippen molar-refractivity contribution in [1.29, 1.82) is 0 Å². The van der Waals surface area contributed by atoms with Crippen LogP contribution in [0.2, 0.25) is 5.02 Å². The van der Waals surface area contributed by atoms with E-state index in [1.165, 1.54) is 5.56 Å². The fraction of sp³-hybridized carbons (Fsp3) is 0.571. The zero-order valence-electron chi connectivity index (χ0n) is 11.1. The summed E-state index contributed by atoms with van der Waals surface area (Å²) in [4.78, 5) is 0. The number of benzene rings is 1. The van der Waals surface area contributed by atoms with E-state index in [-0.39, 0.29) is 11.6 Å². The van der Waals surface area contributed by atoms with Crippen molar-refractivity contribution >= 4 is 11.6 Å². The zero-order chi connectivity index (χ0) is 12.9. The van der Waals surface area contributed by atoms with E-state index in [1.54, 1.807) is 0 Å². The van der Waals surface area contributed by atoms with Crippen LogP contribution in [-0.2, 0) is 4.74 Å². The Labute approximate surface area is 109 Å². The summed E-state index contributed by atoms with van der Waals surface area (Å²) in [5.74, 6) is 0. The van der Waals surface area contributed by atoms with Crippen molar-refractivity contribution in [2.24, 2.45) is 0 Å². The van der Waals surface area contributed by atoms with E-state index in [2.05, 4.69) is 38.2 Å². The molecule has 0 bridgehead atoms. The lowest BCUT2D eigenvalue weighted by Crippen LogP contribution is -2.41. The van der Waals surface area contributed by atoms with Crippen molar-refractivity contribution in [3.63, 3.8) is 0 Å². The molecule has 17 heavy (non-hydrogen) atoms. The van der Waals surface area contributed by atoms with Gasteiger partial charge in [0.05, 0.1) is 11.6 Å². The molecule has 3 heteroatoms. The molecule has 0 spiro atoms. The monoisotopic (exact) mass is 255 g/mol. The summed E-state index contributed by atoms with van der Waals surface area (Å²) in [6.45, 7) is 9.96. The highest BCUT2D eigenvalue weighted by molar-refractivity contribution is 6.30. The minimum atomic E-state index is -0.238. The molecule has 0 saturated heterocycles. The van der Waals surface area contributed by atoms with Gasteiger partial charge in [-0.2, -0.15) is 0 Å². The normalized spacial score (nSPS) is 13.7. The Morgan fingerprint density at radius 3 is 2.29 bits per heavy atom. The maximum absolute atomic E-state index is 5.92. The first-order chi connectivity index (χ1) is 8.01. The van der Waals surface area contributed by atoms with Crippen LogP contribution in [0.1, 0.15) is 39.3 Å². The van der Waals surface area contributed by atoms with Crippen molar-refractivity contribution in [2.45, 2.75) is 39.3 Å². The fourth-order valence-electron chi connectivity index (χ4n) is 2.08. The number of nitrogens with one attached hydrogen (secondary N) is 1. The lowest BCUT2D eigenvalue weighted by Gasteiger charge is -2.35. The van der Waals surface area contributed by atoms with Gasteiger partial charge in [-0.3, -0.25) is 0 Å². The molecule has 0 aliphatic carbocycles. The van der Waals surface area contributed by atoms with Crippen LogP contribution < -0.4 is 5.32 Å². The first kappa shape index (κ1) is 14.5. The van der Waals surface area contributed by atoms with E-state index in [1.807, 2.05) is 19.1 Å². The van der Waals surface area contributed by atoms with Crippen LogP contribution >= 0.6 is 11.6 Å².